The molecule has 0 spiro atoms. The number of hydrogen-bond donors (Lipinski definition) is 1. The van der Waals surface area contributed by atoms with Crippen molar-refractivity contribution in [2.45, 2.75) is 19.3 Å². The maximum atomic E-state index is 5.87. The Morgan fingerprint density at radius 1 is 1.28 bits per heavy atom. The number of hydrogen-bond acceptors (Lipinski definition) is 3. The molecule has 0 unspecified atom stereocenters. The summed E-state index contributed by atoms with van der Waals surface area (Å²) in [7, 11) is 1.98. The van der Waals surface area contributed by atoms with E-state index in [0.717, 1.165) is 30.8 Å². The lowest BCUT2D eigenvalue weighted by Crippen LogP contribution is -2.08. The van der Waals surface area contributed by atoms with E-state index in [-0.39, 0.29) is 0 Å². The minimum Gasteiger partial charge on any atom is -0.320 e. The van der Waals surface area contributed by atoms with Crippen molar-refractivity contribution in [3.05, 3.63) is 50.9 Å². The van der Waals surface area contributed by atoms with E-state index in [1.807, 2.05) is 19.2 Å². The van der Waals surface area contributed by atoms with Crippen molar-refractivity contribution in [1.82, 2.24) is 10.3 Å². The molecule has 1 heterocycles. The van der Waals surface area contributed by atoms with Crippen LogP contribution in [0.3, 0.4) is 0 Å². The molecular weight excluding hydrogens is 264 g/mol. The predicted octanol–water partition coefficient (Wildman–Crippen LogP) is 3.54. The second kappa shape index (κ2) is 6.88. The van der Waals surface area contributed by atoms with Crippen LogP contribution in [0.4, 0.5) is 0 Å². The third-order valence-corrected chi connectivity index (χ3v) is 3.88. The fourth-order valence-electron chi connectivity index (χ4n) is 1.77. The van der Waals surface area contributed by atoms with E-state index >= 15 is 0 Å². The molecule has 4 heteroatoms. The molecule has 0 aliphatic carbocycles. The summed E-state index contributed by atoms with van der Waals surface area (Å²) in [5, 5.41) is 7.28. The highest BCUT2D eigenvalue weighted by atomic mass is 35.5. The highest BCUT2D eigenvalue weighted by molar-refractivity contribution is 7.09. The van der Waals surface area contributed by atoms with Gasteiger partial charge in [-0.15, -0.1) is 11.3 Å². The zero-order chi connectivity index (χ0) is 12.8. The molecule has 2 aromatic rings. The van der Waals surface area contributed by atoms with Gasteiger partial charge in [-0.25, -0.2) is 4.98 Å². The number of halogens is 1. The van der Waals surface area contributed by atoms with E-state index in [1.165, 1.54) is 16.3 Å². The molecule has 2 nitrogen and oxygen atoms in total. The van der Waals surface area contributed by atoms with E-state index in [9.17, 15) is 0 Å². The van der Waals surface area contributed by atoms with Crippen LogP contribution in [-0.2, 0) is 12.8 Å². The average molecular weight is 281 g/mol. The predicted molar refractivity (Wildman–Crippen MR) is 78.6 cm³/mol. The number of aryl methyl sites for hydroxylation is 1. The molecule has 1 aromatic heterocycles. The van der Waals surface area contributed by atoms with Gasteiger partial charge in [0.1, 0.15) is 0 Å². The van der Waals surface area contributed by atoms with Gasteiger partial charge in [0.25, 0.3) is 0 Å². The Kier molecular flexibility index (Phi) is 5.17. The lowest BCUT2D eigenvalue weighted by Gasteiger charge is -1.98. The quantitative estimate of drug-likeness (QED) is 0.819. The topological polar surface area (TPSA) is 24.9 Å². The Morgan fingerprint density at radius 3 is 2.78 bits per heavy atom. The van der Waals surface area contributed by atoms with Gasteiger partial charge < -0.3 is 5.32 Å². The van der Waals surface area contributed by atoms with Gasteiger partial charge in [-0.2, -0.15) is 0 Å². The first-order valence-electron chi connectivity index (χ1n) is 6.10. The fourth-order valence-corrected chi connectivity index (χ4v) is 2.76. The molecular formula is C14H17ClN2S. The van der Waals surface area contributed by atoms with Crippen LogP contribution in [0.2, 0.25) is 5.02 Å². The number of benzene rings is 1. The van der Waals surface area contributed by atoms with Crippen molar-refractivity contribution < 1.29 is 0 Å². The molecule has 0 amide bonds. The Labute approximate surface area is 117 Å². The molecule has 0 aliphatic heterocycles. The van der Waals surface area contributed by atoms with Gasteiger partial charge in [-0.1, -0.05) is 23.7 Å². The van der Waals surface area contributed by atoms with Crippen LogP contribution in [0.25, 0.3) is 0 Å². The summed E-state index contributed by atoms with van der Waals surface area (Å²) in [4.78, 5) is 4.66. The van der Waals surface area contributed by atoms with E-state index < -0.39 is 0 Å². The van der Waals surface area contributed by atoms with Crippen molar-refractivity contribution in [3.8, 4) is 0 Å². The molecule has 1 N–H and O–H groups in total. The van der Waals surface area contributed by atoms with E-state index in [2.05, 4.69) is 27.8 Å². The zero-order valence-corrected chi connectivity index (χ0v) is 12.0. The molecule has 18 heavy (non-hydrogen) atoms. The van der Waals surface area contributed by atoms with E-state index in [4.69, 9.17) is 11.6 Å². The summed E-state index contributed by atoms with van der Waals surface area (Å²) < 4.78 is 0. The standard InChI is InChI=1S/C14H17ClN2S/c1-16-8-2-3-13-10-18-14(17-13)9-11-4-6-12(15)7-5-11/h4-7,10,16H,2-3,8-9H2,1H3. The Balaban J connectivity index is 1.91. The largest absolute Gasteiger partial charge is 0.320 e. The third kappa shape index (κ3) is 4.09. The number of rotatable bonds is 6. The smallest absolute Gasteiger partial charge is 0.0972 e. The summed E-state index contributed by atoms with van der Waals surface area (Å²) in [5.41, 5.74) is 2.47. The highest BCUT2D eigenvalue weighted by Crippen LogP contribution is 2.17. The van der Waals surface area contributed by atoms with Crippen molar-refractivity contribution in [1.29, 1.82) is 0 Å². The molecule has 0 atom stereocenters. The van der Waals surface area contributed by atoms with Crippen LogP contribution in [0.15, 0.2) is 29.6 Å². The van der Waals surface area contributed by atoms with E-state index in [0.29, 0.717) is 0 Å². The van der Waals surface area contributed by atoms with Crippen LogP contribution in [0, 0.1) is 0 Å². The number of nitrogens with zero attached hydrogens (tertiary/aromatic N) is 1. The van der Waals surface area contributed by atoms with Gasteiger partial charge in [0.2, 0.25) is 0 Å². The zero-order valence-electron chi connectivity index (χ0n) is 10.4. The maximum absolute atomic E-state index is 5.87. The monoisotopic (exact) mass is 280 g/mol. The molecule has 96 valence electrons. The van der Waals surface area contributed by atoms with Crippen molar-refractivity contribution >= 4 is 22.9 Å². The molecule has 1 aromatic carbocycles. The number of nitrogens with one attached hydrogen (secondary N) is 1. The van der Waals surface area contributed by atoms with Crippen LogP contribution >= 0.6 is 22.9 Å². The molecule has 0 fully saturated rings. The van der Waals surface area contributed by atoms with Gasteiger partial charge in [-0.05, 0) is 44.1 Å². The maximum Gasteiger partial charge on any atom is 0.0972 e. The summed E-state index contributed by atoms with van der Waals surface area (Å²) in [5.74, 6) is 0. The summed E-state index contributed by atoms with van der Waals surface area (Å²) in [6.07, 6.45) is 3.09. The van der Waals surface area contributed by atoms with Gasteiger partial charge >= 0.3 is 0 Å². The van der Waals surface area contributed by atoms with Crippen molar-refractivity contribution in [2.24, 2.45) is 0 Å². The molecule has 0 radical (unpaired) electrons. The summed E-state index contributed by atoms with van der Waals surface area (Å²) in [6.45, 7) is 1.05. The molecule has 0 saturated heterocycles. The second-order valence-corrected chi connectivity index (χ2v) is 5.62. The lowest BCUT2D eigenvalue weighted by molar-refractivity contribution is 0.716. The van der Waals surface area contributed by atoms with Crippen LogP contribution in [-0.4, -0.2) is 18.6 Å². The Hall–Kier alpha value is -0.900. The van der Waals surface area contributed by atoms with Crippen LogP contribution < -0.4 is 5.32 Å². The second-order valence-electron chi connectivity index (χ2n) is 4.24. The SMILES string of the molecule is CNCCCc1csc(Cc2ccc(Cl)cc2)n1. The first kappa shape index (κ1) is 13.5. The summed E-state index contributed by atoms with van der Waals surface area (Å²) in [6, 6.07) is 7.98. The first-order chi connectivity index (χ1) is 8.78. The molecule has 0 saturated carbocycles. The molecule has 2 rings (SSSR count). The molecule has 0 bridgehead atoms. The minimum atomic E-state index is 0.783. The van der Waals surface area contributed by atoms with Gasteiger partial charge in [0, 0.05) is 16.8 Å². The first-order valence-corrected chi connectivity index (χ1v) is 7.36. The van der Waals surface area contributed by atoms with Crippen LogP contribution in [0.1, 0.15) is 22.7 Å². The Morgan fingerprint density at radius 2 is 2.06 bits per heavy atom. The third-order valence-electron chi connectivity index (χ3n) is 2.73. The number of thiazole rings is 1. The normalized spacial score (nSPS) is 10.8. The van der Waals surface area contributed by atoms with Gasteiger partial charge in [0.15, 0.2) is 0 Å². The summed E-state index contributed by atoms with van der Waals surface area (Å²) >= 11 is 7.61. The minimum absolute atomic E-state index is 0.783. The lowest BCUT2D eigenvalue weighted by atomic mass is 10.2. The van der Waals surface area contributed by atoms with Crippen molar-refractivity contribution in [2.75, 3.05) is 13.6 Å². The number of aromatic nitrogens is 1. The Bertz CT molecular complexity index is 479. The van der Waals surface area contributed by atoms with Crippen molar-refractivity contribution in [3.63, 3.8) is 0 Å². The van der Waals surface area contributed by atoms with E-state index in [1.54, 1.807) is 11.3 Å². The fraction of sp³-hybridized carbons (Fsp3) is 0.357. The van der Waals surface area contributed by atoms with Crippen LogP contribution in [0.5, 0.6) is 0 Å². The van der Waals surface area contributed by atoms with Gasteiger partial charge in [-0.3, -0.25) is 0 Å². The van der Waals surface area contributed by atoms with Gasteiger partial charge in [0.05, 0.1) is 10.7 Å². The average Bonchev–Trinajstić information content (AvgIpc) is 2.80. The molecule has 0 aliphatic rings. The highest BCUT2D eigenvalue weighted by Gasteiger charge is 2.03.